The molecule has 9 aromatic rings. The first kappa shape index (κ1) is 26.3. The van der Waals surface area contributed by atoms with E-state index in [0.29, 0.717) is 0 Å². The van der Waals surface area contributed by atoms with Gasteiger partial charge < -0.3 is 9.52 Å². The third-order valence-corrected chi connectivity index (χ3v) is 9.15. The van der Waals surface area contributed by atoms with Crippen LogP contribution in [0.5, 0.6) is 5.75 Å². The van der Waals surface area contributed by atoms with Crippen LogP contribution in [-0.4, -0.2) is 5.11 Å². The van der Waals surface area contributed by atoms with Crippen LogP contribution in [0.2, 0.25) is 0 Å². The Bertz CT molecular complexity index is 2520. The smallest absolute Gasteiger partial charge is 0.136 e. The number of benzene rings is 8. The van der Waals surface area contributed by atoms with E-state index >= 15 is 0 Å². The number of rotatable bonds is 4. The van der Waals surface area contributed by atoms with Gasteiger partial charge in [-0.1, -0.05) is 127 Å². The topological polar surface area (TPSA) is 33.4 Å². The average molecular weight is 589 g/mol. The third-order valence-electron chi connectivity index (χ3n) is 9.15. The number of hydrogen-bond acceptors (Lipinski definition) is 2. The van der Waals surface area contributed by atoms with Crippen molar-refractivity contribution in [1.29, 1.82) is 0 Å². The summed E-state index contributed by atoms with van der Waals surface area (Å²) in [6.07, 6.45) is 0. The monoisotopic (exact) mass is 588 g/mol. The van der Waals surface area contributed by atoms with Gasteiger partial charge in [-0.2, -0.15) is 0 Å². The minimum Gasteiger partial charge on any atom is -0.508 e. The van der Waals surface area contributed by atoms with Gasteiger partial charge in [0.1, 0.15) is 16.9 Å². The summed E-state index contributed by atoms with van der Waals surface area (Å²) in [5, 5.41) is 17.1. The van der Waals surface area contributed by atoms with E-state index in [-0.39, 0.29) is 5.75 Å². The minimum absolute atomic E-state index is 0.251. The number of phenols is 1. The Balaban J connectivity index is 1.23. The SMILES string of the molecule is Oc1cccc(-c2ccc3c(c2)oc2ccc(-c4c5ccccc5c(-c5ccc(-c6ccccc6)cc5)c5ccccc45)cc23)c1. The Morgan fingerprint density at radius 2 is 0.826 bits per heavy atom. The molecule has 8 aromatic carbocycles. The molecule has 0 radical (unpaired) electrons. The van der Waals surface area contributed by atoms with E-state index in [1.54, 1.807) is 12.1 Å². The first-order chi connectivity index (χ1) is 22.7. The number of phenolic OH excluding ortho intramolecular Hbond substituents is 1. The molecule has 0 amide bonds. The molecule has 0 bridgehead atoms. The molecule has 1 heterocycles. The predicted octanol–water partition coefficient (Wildman–Crippen LogP) is 12.3. The van der Waals surface area contributed by atoms with E-state index in [9.17, 15) is 5.11 Å². The largest absolute Gasteiger partial charge is 0.508 e. The van der Waals surface area contributed by atoms with Gasteiger partial charge in [0.25, 0.3) is 0 Å². The molecule has 46 heavy (non-hydrogen) atoms. The van der Waals surface area contributed by atoms with Gasteiger partial charge in [0.15, 0.2) is 0 Å². The molecule has 1 aromatic heterocycles. The van der Waals surface area contributed by atoms with Crippen LogP contribution in [0.15, 0.2) is 168 Å². The minimum atomic E-state index is 0.251. The molecule has 216 valence electrons. The van der Waals surface area contributed by atoms with E-state index in [2.05, 4.69) is 140 Å². The predicted molar refractivity (Wildman–Crippen MR) is 192 cm³/mol. The summed E-state index contributed by atoms with van der Waals surface area (Å²) in [4.78, 5) is 0. The van der Waals surface area contributed by atoms with Crippen molar-refractivity contribution in [2.75, 3.05) is 0 Å². The Labute approximate surface area is 266 Å². The van der Waals surface area contributed by atoms with Crippen molar-refractivity contribution < 1.29 is 9.52 Å². The van der Waals surface area contributed by atoms with Gasteiger partial charge in [-0.3, -0.25) is 0 Å². The fourth-order valence-corrected chi connectivity index (χ4v) is 7.01. The van der Waals surface area contributed by atoms with Crippen LogP contribution in [0, 0.1) is 0 Å². The van der Waals surface area contributed by atoms with Crippen LogP contribution in [-0.2, 0) is 0 Å². The lowest BCUT2D eigenvalue weighted by Gasteiger charge is -2.18. The van der Waals surface area contributed by atoms with E-state index < -0.39 is 0 Å². The first-order valence-electron chi connectivity index (χ1n) is 15.6. The lowest BCUT2D eigenvalue weighted by atomic mass is 9.85. The summed E-state index contributed by atoms with van der Waals surface area (Å²) in [5.41, 5.74) is 10.9. The fourth-order valence-electron chi connectivity index (χ4n) is 7.01. The quantitative estimate of drug-likeness (QED) is 0.208. The maximum Gasteiger partial charge on any atom is 0.136 e. The molecule has 1 N–H and O–H groups in total. The lowest BCUT2D eigenvalue weighted by molar-refractivity contribution is 0.475. The maximum atomic E-state index is 10.0. The Morgan fingerprint density at radius 3 is 1.50 bits per heavy atom. The van der Waals surface area contributed by atoms with Crippen molar-refractivity contribution in [3.63, 3.8) is 0 Å². The summed E-state index contributed by atoms with van der Waals surface area (Å²) in [5.74, 6) is 0.251. The molecule has 0 atom stereocenters. The Morgan fingerprint density at radius 1 is 0.304 bits per heavy atom. The number of hydrogen-bond donors (Lipinski definition) is 1. The molecule has 0 aliphatic heterocycles. The van der Waals surface area contributed by atoms with Crippen LogP contribution in [0.4, 0.5) is 0 Å². The highest BCUT2D eigenvalue weighted by Crippen LogP contribution is 2.45. The number of aromatic hydroxyl groups is 1. The molecule has 0 fully saturated rings. The lowest BCUT2D eigenvalue weighted by Crippen LogP contribution is -1.91. The number of fused-ring (bicyclic) bond motifs is 5. The molecule has 2 nitrogen and oxygen atoms in total. The van der Waals surface area contributed by atoms with Gasteiger partial charge in [-0.15, -0.1) is 0 Å². The van der Waals surface area contributed by atoms with E-state index in [0.717, 1.165) is 38.6 Å². The zero-order chi connectivity index (χ0) is 30.6. The van der Waals surface area contributed by atoms with Crippen molar-refractivity contribution in [2.24, 2.45) is 0 Å². The van der Waals surface area contributed by atoms with Crippen molar-refractivity contribution in [1.82, 2.24) is 0 Å². The van der Waals surface area contributed by atoms with Crippen LogP contribution in [0.1, 0.15) is 0 Å². The molecule has 0 aliphatic carbocycles. The van der Waals surface area contributed by atoms with Gasteiger partial charge in [0.2, 0.25) is 0 Å². The summed E-state index contributed by atoms with van der Waals surface area (Å²) in [7, 11) is 0. The van der Waals surface area contributed by atoms with E-state index in [1.165, 1.54) is 49.4 Å². The van der Waals surface area contributed by atoms with Crippen molar-refractivity contribution in [3.05, 3.63) is 164 Å². The molecule has 0 saturated carbocycles. The van der Waals surface area contributed by atoms with Crippen LogP contribution < -0.4 is 0 Å². The molecule has 0 spiro atoms. The zero-order valence-corrected chi connectivity index (χ0v) is 24.9. The van der Waals surface area contributed by atoms with Gasteiger partial charge >= 0.3 is 0 Å². The second kappa shape index (κ2) is 10.5. The van der Waals surface area contributed by atoms with Gasteiger partial charge in [-0.05, 0) is 102 Å². The normalized spacial score (nSPS) is 11.6. The van der Waals surface area contributed by atoms with Crippen molar-refractivity contribution >= 4 is 43.5 Å². The highest BCUT2D eigenvalue weighted by Gasteiger charge is 2.18. The van der Waals surface area contributed by atoms with Crippen molar-refractivity contribution in [3.8, 4) is 50.3 Å². The molecule has 0 unspecified atom stereocenters. The molecular weight excluding hydrogens is 560 g/mol. The second-order valence-electron chi connectivity index (χ2n) is 11.9. The first-order valence-corrected chi connectivity index (χ1v) is 15.6. The van der Waals surface area contributed by atoms with Crippen LogP contribution >= 0.6 is 0 Å². The fraction of sp³-hybridized carbons (Fsp3) is 0. The molecule has 0 saturated heterocycles. The molecule has 2 heteroatoms. The standard InChI is InChI=1S/C44H28O2/c45-34-12-8-11-31(25-34)32-21-23-35-40-26-33(22-24-41(40)46-42(35)27-32)44-38-15-6-4-13-36(38)43(37-14-5-7-16-39(37)44)30-19-17-29(18-20-30)28-9-2-1-3-10-28/h1-27,45H. The summed E-state index contributed by atoms with van der Waals surface area (Å²) in [6.45, 7) is 0. The molecular formula is C44H28O2. The number of furan rings is 1. The summed E-state index contributed by atoms with van der Waals surface area (Å²) in [6, 6.07) is 57.2. The molecule has 0 aliphatic rings. The van der Waals surface area contributed by atoms with E-state index in [4.69, 9.17) is 4.42 Å². The Hall–Kier alpha value is -6.12. The van der Waals surface area contributed by atoms with Crippen LogP contribution in [0.25, 0.3) is 88.0 Å². The van der Waals surface area contributed by atoms with Crippen molar-refractivity contribution in [2.45, 2.75) is 0 Å². The maximum absolute atomic E-state index is 10.0. The highest BCUT2D eigenvalue weighted by molar-refractivity contribution is 6.22. The zero-order valence-electron chi connectivity index (χ0n) is 24.9. The molecule has 9 rings (SSSR count). The summed E-state index contributed by atoms with van der Waals surface area (Å²) >= 11 is 0. The summed E-state index contributed by atoms with van der Waals surface area (Å²) < 4.78 is 6.37. The van der Waals surface area contributed by atoms with Gasteiger partial charge in [-0.25, -0.2) is 0 Å². The van der Waals surface area contributed by atoms with E-state index in [1.807, 2.05) is 12.1 Å². The third kappa shape index (κ3) is 4.27. The van der Waals surface area contributed by atoms with Gasteiger partial charge in [0.05, 0.1) is 0 Å². The van der Waals surface area contributed by atoms with Crippen LogP contribution in [0.3, 0.4) is 0 Å². The Kier molecular flexibility index (Phi) is 6.00. The highest BCUT2D eigenvalue weighted by atomic mass is 16.3. The average Bonchev–Trinajstić information content (AvgIpc) is 3.48. The van der Waals surface area contributed by atoms with Gasteiger partial charge in [0, 0.05) is 10.8 Å². The second-order valence-corrected chi connectivity index (χ2v) is 11.9.